The van der Waals surface area contributed by atoms with Gasteiger partial charge in [0, 0.05) is 26.2 Å². The maximum absolute atomic E-state index is 11.5. The predicted octanol–water partition coefficient (Wildman–Crippen LogP) is 2.62. The number of ether oxygens (including phenoxy) is 1. The van der Waals surface area contributed by atoms with E-state index in [2.05, 4.69) is 45.9 Å². The summed E-state index contributed by atoms with van der Waals surface area (Å²) in [4.78, 5) is 14.0. The average Bonchev–Trinajstić information content (AvgIpc) is 2.93. The fraction of sp³-hybridized carbons (Fsp3) is 0.632. The molecular formula is C19H31N3O2. The molecule has 0 aromatic heterocycles. The lowest BCUT2D eigenvalue weighted by Gasteiger charge is -2.20. The summed E-state index contributed by atoms with van der Waals surface area (Å²) in [6.45, 7) is 11.3. The fourth-order valence-electron chi connectivity index (χ4n) is 2.94. The number of alkyl carbamates (subject to hydrolysis) is 1. The number of benzene rings is 1. The Bertz CT molecular complexity index is 499. The van der Waals surface area contributed by atoms with Gasteiger partial charge in [0.15, 0.2) is 0 Å². The van der Waals surface area contributed by atoms with Crippen LogP contribution in [0.2, 0.25) is 0 Å². The minimum Gasteiger partial charge on any atom is -0.444 e. The van der Waals surface area contributed by atoms with Gasteiger partial charge in [-0.1, -0.05) is 30.3 Å². The summed E-state index contributed by atoms with van der Waals surface area (Å²) in [7, 11) is 0. The van der Waals surface area contributed by atoms with Gasteiger partial charge in [0.05, 0.1) is 0 Å². The second kappa shape index (κ2) is 9.04. The Morgan fingerprint density at radius 2 is 2.00 bits per heavy atom. The number of likely N-dealkylation sites (tertiary alicyclic amines) is 1. The van der Waals surface area contributed by atoms with Gasteiger partial charge >= 0.3 is 6.09 Å². The number of nitrogens with zero attached hydrogens (tertiary/aromatic N) is 1. The summed E-state index contributed by atoms with van der Waals surface area (Å²) in [6.07, 6.45) is 0.887. The van der Waals surface area contributed by atoms with E-state index in [9.17, 15) is 4.79 Å². The summed E-state index contributed by atoms with van der Waals surface area (Å²) in [6, 6.07) is 10.6. The third-order valence-electron chi connectivity index (χ3n) is 4.02. The van der Waals surface area contributed by atoms with Gasteiger partial charge in [-0.05, 0) is 51.8 Å². The molecule has 1 aromatic carbocycles. The standard InChI is InChI=1S/C19H31N3O2/c1-19(2,3)24-18(23)21-11-10-20-13-17-9-12-22(15-17)14-16-7-5-4-6-8-16/h4-8,17,20H,9-15H2,1-3H3,(H,21,23). The minimum atomic E-state index is -0.441. The van der Waals surface area contributed by atoms with Gasteiger partial charge in [-0.3, -0.25) is 4.90 Å². The van der Waals surface area contributed by atoms with E-state index in [-0.39, 0.29) is 6.09 Å². The van der Waals surface area contributed by atoms with Crippen molar-refractivity contribution in [3.8, 4) is 0 Å². The highest BCUT2D eigenvalue weighted by Gasteiger charge is 2.22. The van der Waals surface area contributed by atoms with E-state index >= 15 is 0 Å². The molecule has 5 heteroatoms. The molecule has 1 saturated heterocycles. The number of carbonyl (C=O) groups excluding carboxylic acids is 1. The lowest BCUT2D eigenvalue weighted by atomic mass is 10.1. The van der Waals surface area contributed by atoms with Crippen molar-refractivity contribution in [3.05, 3.63) is 35.9 Å². The maximum Gasteiger partial charge on any atom is 0.407 e. The van der Waals surface area contributed by atoms with E-state index < -0.39 is 5.60 Å². The molecule has 24 heavy (non-hydrogen) atoms. The zero-order chi connectivity index (χ0) is 17.4. The smallest absolute Gasteiger partial charge is 0.407 e. The third kappa shape index (κ3) is 7.32. The van der Waals surface area contributed by atoms with Crippen molar-refractivity contribution in [2.24, 2.45) is 5.92 Å². The molecule has 1 unspecified atom stereocenters. The van der Waals surface area contributed by atoms with Crippen molar-refractivity contribution in [1.82, 2.24) is 15.5 Å². The lowest BCUT2D eigenvalue weighted by Crippen LogP contribution is -2.37. The molecule has 1 fully saturated rings. The van der Waals surface area contributed by atoms with Gasteiger partial charge in [-0.15, -0.1) is 0 Å². The van der Waals surface area contributed by atoms with Crippen LogP contribution in [0.5, 0.6) is 0 Å². The van der Waals surface area contributed by atoms with Crippen LogP contribution in [0.1, 0.15) is 32.8 Å². The summed E-state index contributed by atoms with van der Waals surface area (Å²) in [5.41, 5.74) is 0.941. The van der Waals surface area contributed by atoms with Crippen LogP contribution in [0.25, 0.3) is 0 Å². The van der Waals surface area contributed by atoms with E-state index in [4.69, 9.17) is 4.74 Å². The highest BCUT2D eigenvalue weighted by Crippen LogP contribution is 2.17. The quantitative estimate of drug-likeness (QED) is 0.753. The molecule has 0 bridgehead atoms. The van der Waals surface area contributed by atoms with Gasteiger partial charge in [-0.25, -0.2) is 4.79 Å². The van der Waals surface area contributed by atoms with Crippen molar-refractivity contribution in [2.75, 3.05) is 32.7 Å². The highest BCUT2D eigenvalue weighted by atomic mass is 16.6. The average molecular weight is 333 g/mol. The number of nitrogens with one attached hydrogen (secondary N) is 2. The highest BCUT2D eigenvalue weighted by molar-refractivity contribution is 5.67. The Morgan fingerprint density at radius 3 is 2.71 bits per heavy atom. The van der Waals surface area contributed by atoms with E-state index in [0.717, 1.165) is 32.7 Å². The molecule has 134 valence electrons. The second-order valence-corrected chi connectivity index (χ2v) is 7.51. The molecule has 1 heterocycles. The van der Waals surface area contributed by atoms with Crippen LogP contribution >= 0.6 is 0 Å². The molecule has 2 rings (SSSR count). The topological polar surface area (TPSA) is 53.6 Å². The Kier molecular flexibility index (Phi) is 7.06. The molecule has 0 spiro atoms. The minimum absolute atomic E-state index is 0.348. The Hall–Kier alpha value is -1.59. The number of rotatable bonds is 7. The van der Waals surface area contributed by atoms with Gasteiger partial charge in [0.2, 0.25) is 0 Å². The zero-order valence-electron chi connectivity index (χ0n) is 15.2. The Labute approximate surface area is 145 Å². The molecule has 1 amide bonds. The first-order chi connectivity index (χ1) is 11.4. The summed E-state index contributed by atoms with van der Waals surface area (Å²) in [5.74, 6) is 0.690. The van der Waals surface area contributed by atoms with Crippen LogP contribution in [0.15, 0.2) is 30.3 Å². The van der Waals surface area contributed by atoms with E-state index in [1.807, 2.05) is 20.8 Å². The summed E-state index contributed by atoms with van der Waals surface area (Å²) < 4.78 is 5.20. The zero-order valence-corrected chi connectivity index (χ0v) is 15.2. The molecule has 1 aliphatic rings. The van der Waals surface area contributed by atoms with Crippen molar-refractivity contribution >= 4 is 6.09 Å². The number of amides is 1. The largest absolute Gasteiger partial charge is 0.444 e. The molecule has 5 nitrogen and oxygen atoms in total. The number of hydrogen-bond acceptors (Lipinski definition) is 4. The molecule has 1 atom stereocenters. The van der Waals surface area contributed by atoms with Crippen molar-refractivity contribution in [3.63, 3.8) is 0 Å². The van der Waals surface area contributed by atoms with Gasteiger partial charge < -0.3 is 15.4 Å². The molecule has 0 aliphatic carbocycles. The van der Waals surface area contributed by atoms with Crippen LogP contribution in [0.4, 0.5) is 4.79 Å². The van der Waals surface area contributed by atoms with Crippen molar-refractivity contribution in [2.45, 2.75) is 39.3 Å². The first kappa shape index (κ1) is 18.7. The Balaban J connectivity index is 1.54. The molecular weight excluding hydrogens is 302 g/mol. The van der Waals surface area contributed by atoms with Crippen molar-refractivity contribution < 1.29 is 9.53 Å². The summed E-state index contributed by atoms with van der Waals surface area (Å²) >= 11 is 0. The Morgan fingerprint density at radius 1 is 1.25 bits per heavy atom. The summed E-state index contributed by atoms with van der Waals surface area (Å²) in [5, 5.41) is 6.20. The third-order valence-corrected chi connectivity index (χ3v) is 4.02. The second-order valence-electron chi connectivity index (χ2n) is 7.51. The maximum atomic E-state index is 11.5. The van der Waals surface area contributed by atoms with Crippen LogP contribution in [0.3, 0.4) is 0 Å². The predicted molar refractivity (Wildman–Crippen MR) is 96.9 cm³/mol. The molecule has 2 N–H and O–H groups in total. The van der Waals surface area contributed by atoms with Crippen LogP contribution < -0.4 is 10.6 Å². The van der Waals surface area contributed by atoms with E-state index in [1.165, 1.54) is 12.0 Å². The number of hydrogen-bond donors (Lipinski definition) is 2. The molecule has 1 aliphatic heterocycles. The van der Waals surface area contributed by atoms with Crippen LogP contribution in [-0.4, -0.2) is 49.3 Å². The monoisotopic (exact) mass is 333 g/mol. The normalized spacial score (nSPS) is 18.5. The van der Waals surface area contributed by atoms with Gasteiger partial charge in [0.1, 0.15) is 5.60 Å². The van der Waals surface area contributed by atoms with Gasteiger partial charge in [0.25, 0.3) is 0 Å². The molecule has 1 aromatic rings. The first-order valence-electron chi connectivity index (χ1n) is 8.86. The number of carbonyl (C=O) groups is 1. The van der Waals surface area contributed by atoms with E-state index in [1.54, 1.807) is 0 Å². The van der Waals surface area contributed by atoms with E-state index in [0.29, 0.717) is 12.5 Å². The molecule has 0 saturated carbocycles. The fourth-order valence-corrected chi connectivity index (χ4v) is 2.94. The van der Waals surface area contributed by atoms with Crippen LogP contribution in [-0.2, 0) is 11.3 Å². The van der Waals surface area contributed by atoms with Crippen LogP contribution in [0, 0.1) is 5.92 Å². The van der Waals surface area contributed by atoms with Gasteiger partial charge in [-0.2, -0.15) is 0 Å². The van der Waals surface area contributed by atoms with Crippen molar-refractivity contribution in [1.29, 1.82) is 0 Å². The SMILES string of the molecule is CC(C)(C)OC(=O)NCCNCC1CCN(Cc2ccccc2)C1. The lowest BCUT2D eigenvalue weighted by molar-refractivity contribution is 0.0528. The molecule has 0 radical (unpaired) electrons. The first-order valence-corrected chi connectivity index (χ1v) is 8.86.